The first-order valence-electron chi connectivity index (χ1n) is 8.05. The standard InChI is InChI=1S/C18H27NO2/c1-4-14(2)17(15-8-6-5-7-9-15)18(20)21-16-10-12-19(3)13-11-16/h5-9,14,16-17H,4,10-13H2,1-3H3/t14-,17+/m0/s1. The molecule has 0 aliphatic carbocycles. The van der Waals surface area contributed by atoms with Gasteiger partial charge >= 0.3 is 5.97 Å². The van der Waals surface area contributed by atoms with Gasteiger partial charge in [-0.25, -0.2) is 0 Å². The quantitative estimate of drug-likeness (QED) is 0.778. The highest BCUT2D eigenvalue weighted by Crippen LogP contribution is 2.29. The zero-order valence-corrected chi connectivity index (χ0v) is 13.4. The van der Waals surface area contributed by atoms with Gasteiger partial charge in [0.25, 0.3) is 0 Å². The van der Waals surface area contributed by atoms with Crippen molar-refractivity contribution in [3.8, 4) is 0 Å². The highest BCUT2D eigenvalue weighted by Gasteiger charge is 2.30. The summed E-state index contributed by atoms with van der Waals surface area (Å²) in [5, 5.41) is 0. The SMILES string of the molecule is CC[C@H](C)[C@@H](C(=O)OC1CCN(C)CC1)c1ccccc1. The van der Waals surface area contributed by atoms with E-state index < -0.39 is 0 Å². The molecule has 0 spiro atoms. The van der Waals surface area contributed by atoms with Crippen molar-refractivity contribution in [1.82, 2.24) is 4.90 Å². The first-order valence-corrected chi connectivity index (χ1v) is 8.05. The van der Waals surface area contributed by atoms with Crippen molar-refractivity contribution in [3.05, 3.63) is 35.9 Å². The van der Waals surface area contributed by atoms with Gasteiger partial charge < -0.3 is 9.64 Å². The van der Waals surface area contributed by atoms with E-state index in [4.69, 9.17) is 4.74 Å². The molecule has 21 heavy (non-hydrogen) atoms. The van der Waals surface area contributed by atoms with Gasteiger partial charge in [-0.15, -0.1) is 0 Å². The smallest absolute Gasteiger partial charge is 0.313 e. The summed E-state index contributed by atoms with van der Waals surface area (Å²) in [4.78, 5) is 14.9. The summed E-state index contributed by atoms with van der Waals surface area (Å²) in [6.45, 7) is 6.28. The van der Waals surface area contributed by atoms with Crippen LogP contribution in [-0.4, -0.2) is 37.1 Å². The topological polar surface area (TPSA) is 29.5 Å². The Morgan fingerprint density at radius 1 is 1.29 bits per heavy atom. The summed E-state index contributed by atoms with van der Waals surface area (Å²) in [6.07, 6.45) is 2.96. The Morgan fingerprint density at radius 2 is 1.90 bits per heavy atom. The molecule has 0 saturated carbocycles. The Hall–Kier alpha value is -1.35. The first-order chi connectivity index (χ1) is 10.1. The normalized spacial score (nSPS) is 20.0. The van der Waals surface area contributed by atoms with Crippen LogP contribution in [0, 0.1) is 5.92 Å². The second-order valence-corrected chi connectivity index (χ2v) is 6.21. The minimum Gasteiger partial charge on any atom is -0.462 e. The maximum atomic E-state index is 12.7. The number of hydrogen-bond donors (Lipinski definition) is 0. The van der Waals surface area contributed by atoms with E-state index in [9.17, 15) is 4.79 Å². The maximum Gasteiger partial charge on any atom is 0.313 e. The Bertz CT molecular complexity index is 438. The van der Waals surface area contributed by atoms with Crippen molar-refractivity contribution >= 4 is 5.97 Å². The summed E-state index contributed by atoms with van der Waals surface area (Å²) in [5.41, 5.74) is 1.07. The molecule has 0 unspecified atom stereocenters. The van der Waals surface area contributed by atoms with Gasteiger partial charge in [0.15, 0.2) is 0 Å². The molecule has 1 aliphatic heterocycles. The van der Waals surface area contributed by atoms with E-state index in [2.05, 4.69) is 25.8 Å². The molecule has 0 N–H and O–H groups in total. The van der Waals surface area contributed by atoms with Crippen LogP contribution in [0.25, 0.3) is 0 Å². The number of piperidine rings is 1. The van der Waals surface area contributed by atoms with Gasteiger partial charge in [0.05, 0.1) is 5.92 Å². The second-order valence-electron chi connectivity index (χ2n) is 6.21. The number of ether oxygens (including phenoxy) is 1. The molecule has 0 radical (unpaired) electrons. The monoisotopic (exact) mass is 289 g/mol. The number of hydrogen-bond acceptors (Lipinski definition) is 3. The van der Waals surface area contributed by atoms with Gasteiger partial charge in [-0.05, 0) is 31.4 Å². The maximum absolute atomic E-state index is 12.7. The Morgan fingerprint density at radius 3 is 2.48 bits per heavy atom. The summed E-state index contributed by atoms with van der Waals surface area (Å²) >= 11 is 0. The van der Waals surface area contributed by atoms with Crippen LogP contribution in [0.2, 0.25) is 0 Å². The summed E-state index contributed by atoms with van der Waals surface area (Å²) in [6, 6.07) is 10.0. The lowest BCUT2D eigenvalue weighted by atomic mass is 9.85. The molecular weight excluding hydrogens is 262 g/mol. The van der Waals surface area contributed by atoms with Gasteiger partial charge in [0, 0.05) is 13.1 Å². The number of rotatable bonds is 5. The third-order valence-corrected chi connectivity index (χ3v) is 4.57. The Balaban J connectivity index is 2.05. The molecule has 116 valence electrons. The molecule has 3 heteroatoms. The lowest BCUT2D eigenvalue weighted by molar-refractivity contribution is -0.154. The number of likely N-dealkylation sites (tertiary alicyclic amines) is 1. The molecule has 2 rings (SSSR count). The summed E-state index contributed by atoms with van der Waals surface area (Å²) < 4.78 is 5.81. The van der Waals surface area contributed by atoms with Crippen molar-refractivity contribution in [2.45, 2.75) is 45.1 Å². The largest absolute Gasteiger partial charge is 0.462 e. The van der Waals surface area contributed by atoms with Crippen LogP contribution in [-0.2, 0) is 9.53 Å². The fourth-order valence-electron chi connectivity index (χ4n) is 2.93. The number of carbonyl (C=O) groups excluding carboxylic acids is 1. The number of benzene rings is 1. The van der Waals surface area contributed by atoms with Gasteiger partial charge in [0.1, 0.15) is 6.10 Å². The van der Waals surface area contributed by atoms with Crippen LogP contribution in [0.4, 0.5) is 0 Å². The van der Waals surface area contributed by atoms with Gasteiger partial charge in [-0.2, -0.15) is 0 Å². The van der Waals surface area contributed by atoms with Crippen LogP contribution in [0.5, 0.6) is 0 Å². The van der Waals surface area contributed by atoms with Crippen molar-refractivity contribution in [2.24, 2.45) is 5.92 Å². The average molecular weight is 289 g/mol. The van der Waals surface area contributed by atoms with Crippen LogP contribution in [0.3, 0.4) is 0 Å². The Labute approximate surface area is 128 Å². The highest BCUT2D eigenvalue weighted by molar-refractivity contribution is 5.78. The van der Waals surface area contributed by atoms with E-state index in [1.54, 1.807) is 0 Å². The van der Waals surface area contributed by atoms with Crippen molar-refractivity contribution in [1.29, 1.82) is 0 Å². The van der Waals surface area contributed by atoms with Crippen LogP contribution in [0.1, 0.15) is 44.6 Å². The van der Waals surface area contributed by atoms with Crippen LogP contribution >= 0.6 is 0 Å². The minimum atomic E-state index is -0.143. The van der Waals surface area contributed by atoms with E-state index in [1.165, 1.54) is 0 Å². The number of carbonyl (C=O) groups is 1. The molecule has 3 nitrogen and oxygen atoms in total. The number of esters is 1. The van der Waals surface area contributed by atoms with E-state index >= 15 is 0 Å². The molecule has 1 heterocycles. The summed E-state index contributed by atoms with van der Waals surface area (Å²) in [7, 11) is 2.12. The molecule has 1 aromatic rings. The molecule has 1 aliphatic rings. The van der Waals surface area contributed by atoms with E-state index in [0.717, 1.165) is 37.9 Å². The average Bonchev–Trinajstić information content (AvgIpc) is 2.50. The zero-order valence-electron chi connectivity index (χ0n) is 13.4. The molecule has 1 aromatic carbocycles. The lowest BCUT2D eigenvalue weighted by Crippen LogP contribution is -2.36. The second kappa shape index (κ2) is 7.60. The molecule has 0 amide bonds. The van der Waals surface area contributed by atoms with Gasteiger partial charge in [0.2, 0.25) is 0 Å². The van der Waals surface area contributed by atoms with Crippen LogP contribution < -0.4 is 0 Å². The van der Waals surface area contributed by atoms with E-state index in [-0.39, 0.29) is 18.0 Å². The van der Waals surface area contributed by atoms with Gasteiger partial charge in [-0.3, -0.25) is 4.79 Å². The first kappa shape index (κ1) is 16.0. The molecule has 0 bridgehead atoms. The van der Waals surface area contributed by atoms with Gasteiger partial charge in [-0.1, -0.05) is 50.6 Å². The molecular formula is C18H27NO2. The number of nitrogens with zero attached hydrogens (tertiary/aromatic N) is 1. The molecule has 1 fully saturated rings. The third kappa shape index (κ3) is 4.31. The van der Waals surface area contributed by atoms with Crippen LogP contribution in [0.15, 0.2) is 30.3 Å². The molecule has 2 atom stereocenters. The molecule has 0 aromatic heterocycles. The zero-order chi connectivity index (χ0) is 15.2. The lowest BCUT2D eigenvalue weighted by Gasteiger charge is -2.31. The van der Waals surface area contributed by atoms with E-state index in [0.29, 0.717) is 5.92 Å². The van der Waals surface area contributed by atoms with Crippen molar-refractivity contribution < 1.29 is 9.53 Å². The Kier molecular flexibility index (Phi) is 5.80. The minimum absolute atomic E-state index is 0.0508. The van der Waals surface area contributed by atoms with Crippen molar-refractivity contribution in [3.63, 3.8) is 0 Å². The highest BCUT2D eigenvalue weighted by atomic mass is 16.5. The predicted molar refractivity (Wildman–Crippen MR) is 85.2 cm³/mol. The third-order valence-electron chi connectivity index (χ3n) is 4.57. The fraction of sp³-hybridized carbons (Fsp3) is 0.611. The van der Waals surface area contributed by atoms with Crippen molar-refractivity contribution in [2.75, 3.05) is 20.1 Å². The predicted octanol–water partition coefficient (Wildman–Crippen LogP) is 3.45. The fourth-order valence-corrected chi connectivity index (χ4v) is 2.93. The molecule has 1 saturated heterocycles. The van der Waals surface area contributed by atoms with E-state index in [1.807, 2.05) is 30.3 Å². The summed E-state index contributed by atoms with van der Waals surface area (Å²) in [5.74, 6) is 0.104.